The van der Waals surface area contributed by atoms with E-state index in [2.05, 4.69) is 23.8 Å². The SMILES string of the molecule is CCCCCCCCC(OCc1ccccc1)C(O)CCCCCCCC(=O)OC. The summed E-state index contributed by atoms with van der Waals surface area (Å²) in [5, 5.41) is 10.7. The molecule has 1 N–H and O–H groups in total. The molecule has 4 heteroatoms. The summed E-state index contributed by atoms with van der Waals surface area (Å²) in [6, 6.07) is 10.2. The second-order valence-corrected chi connectivity index (χ2v) is 8.34. The van der Waals surface area contributed by atoms with Crippen LogP contribution in [0.2, 0.25) is 0 Å². The Morgan fingerprint density at radius 1 is 0.867 bits per heavy atom. The minimum atomic E-state index is -0.403. The smallest absolute Gasteiger partial charge is 0.305 e. The van der Waals surface area contributed by atoms with E-state index in [1.54, 1.807) is 0 Å². The molecule has 0 saturated heterocycles. The topological polar surface area (TPSA) is 55.8 Å². The van der Waals surface area contributed by atoms with Gasteiger partial charge in [-0.3, -0.25) is 4.79 Å². The summed E-state index contributed by atoms with van der Waals surface area (Å²) < 4.78 is 10.8. The number of hydrogen-bond acceptors (Lipinski definition) is 4. The van der Waals surface area contributed by atoms with Crippen LogP contribution in [0.3, 0.4) is 0 Å². The minimum absolute atomic E-state index is 0.0873. The van der Waals surface area contributed by atoms with Crippen LogP contribution in [-0.4, -0.2) is 30.4 Å². The summed E-state index contributed by atoms with van der Waals surface area (Å²) in [4.78, 5) is 11.1. The number of methoxy groups -OCH3 is 1. The van der Waals surface area contributed by atoms with Crippen molar-refractivity contribution in [1.82, 2.24) is 0 Å². The third-order valence-corrected chi connectivity index (χ3v) is 5.69. The van der Waals surface area contributed by atoms with Crippen LogP contribution in [0.5, 0.6) is 0 Å². The number of benzene rings is 1. The number of hydrogen-bond donors (Lipinski definition) is 1. The maximum atomic E-state index is 11.1. The van der Waals surface area contributed by atoms with Crippen LogP contribution in [0.25, 0.3) is 0 Å². The van der Waals surface area contributed by atoms with Crippen molar-refractivity contribution >= 4 is 5.97 Å². The molecule has 0 heterocycles. The van der Waals surface area contributed by atoms with E-state index >= 15 is 0 Å². The molecule has 0 aliphatic carbocycles. The highest BCUT2D eigenvalue weighted by Crippen LogP contribution is 2.19. The Kier molecular flexibility index (Phi) is 16.3. The molecule has 4 nitrogen and oxygen atoms in total. The highest BCUT2D eigenvalue weighted by atomic mass is 16.5. The van der Waals surface area contributed by atoms with Gasteiger partial charge in [0.25, 0.3) is 0 Å². The van der Waals surface area contributed by atoms with Gasteiger partial charge in [0, 0.05) is 6.42 Å². The molecular weight excluding hydrogens is 376 g/mol. The second-order valence-electron chi connectivity index (χ2n) is 8.34. The fourth-order valence-electron chi connectivity index (χ4n) is 3.73. The zero-order valence-electron chi connectivity index (χ0n) is 19.3. The normalized spacial score (nSPS) is 13.2. The van der Waals surface area contributed by atoms with E-state index < -0.39 is 6.10 Å². The Labute approximate surface area is 184 Å². The van der Waals surface area contributed by atoms with Gasteiger partial charge in [0.05, 0.1) is 25.9 Å². The lowest BCUT2D eigenvalue weighted by atomic mass is 9.99. The van der Waals surface area contributed by atoms with E-state index in [0.717, 1.165) is 56.9 Å². The number of ether oxygens (including phenoxy) is 2. The number of rotatable bonds is 19. The zero-order chi connectivity index (χ0) is 21.9. The van der Waals surface area contributed by atoms with E-state index in [0.29, 0.717) is 13.0 Å². The zero-order valence-corrected chi connectivity index (χ0v) is 19.3. The van der Waals surface area contributed by atoms with Gasteiger partial charge < -0.3 is 14.6 Å². The third kappa shape index (κ3) is 13.8. The lowest BCUT2D eigenvalue weighted by Gasteiger charge is -2.24. The molecule has 0 aromatic heterocycles. The number of esters is 1. The van der Waals surface area contributed by atoms with Crippen molar-refractivity contribution in [1.29, 1.82) is 0 Å². The van der Waals surface area contributed by atoms with Gasteiger partial charge in [0.2, 0.25) is 0 Å². The molecule has 0 radical (unpaired) electrons. The molecule has 172 valence electrons. The summed E-state index contributed by atoms with van der Waals surface area (Å²) in [6.45, 7) is 2.80. The monoisotopic (exact) mass is 420 g/mol. The van der Waals surface area contributed by atoms with Gasteiger partial charge in [0.1, 0.15) is 0 Å². The fraction of sp³-hybridized carbons (Fsp3) is 0.731. The largest absolute Gasteiger partial charge is 0.469 e. The van der Waals surface area contributed by atoms with Crippen LogP contribution in [0.4, 0.5) is 0 Å². The molecule has 0 spiro atoms. The second kappa shape index (κ2) is 18.4. The summed E-state index contributed by atoms with van der Waals surface area (Å²) in [5.41, 5.74) is 1.16. The summed E-state index contributed by atoms with van der Waals surface area (Å²) in [5.74, 6) is -0.126. The molecule has 2 unspecified atom stereocenters. The highest BCUT2D eigenvalue weighted by molar-refractivity contribution is 5.68. The lowest BCUT2D eigenvalue weighted by Crippen LogP contribution is -2.29. The Balaban J connectivity index is 2.29. The summed E-state index contributed by atoms with van der Waals surface area (Å²) >= 11 is 0. The van der Waals surface area contributed by atoms with E-state index in [-0.39, 0.29) is 12.1 Å². The summed E-state index contributed by atoms with van der Waals surface area (Å²) in [6.07, 6.45) is 14.3. The molecular formula is C26H44O4. The Bertz CT molecular complexity index is 517. The standard InChI is InChI=1S/C26H44O4/c1-3-4-5-6-9-15-20-25(30-22-23-17-12-11-13-18-23)24(27)19-14-8-7-10-16-21-26(28)29-2/h11-13,17-18,24-25,27H,3-10,14-16,19-22H2,1-2H3. The average molecular weight is 421 g/mol. The Morgan fingerprint density at radius 3 is 2.13 bits per heavy atom. The van der Waals surface area contributed by atoms with Crippen LogP contribution in [0.15, 0.2) is 30.3 Å². The van der Waals surface area contributed by atoms with Crippen molar-refractivity contribution < 1.29 is 19.4 Å². The molecule has 1 aromatic carbocycles. The van der Waals surface area contributed by atoms with Crippen molar-refractivity contribution in [2.24, 2.45) is 0 Å². The first-order chi connectivity index (χ1) is 14.7. The Hall–Kier alpha value is -1.39. The number of aliphatic hydroxyl groups excluding tert-OH is 1. The van der Waals surface area contributed by atoms with Crippen molar-refractivity contribution in [2.75, 3.05) is 7.11 Å². The van der Waals surface area contributed by atoms with Gasteiger partial charge in [-0.05, 0) is 24.8 Å². The molecule has 0 amide bonds. The molecule has 0 saturated carbocycles. The van der Waals surface area contributed by atoms with Crippen molar-refractivity contribution in [3.63, 3.8) is 0 Å². The van der Waals surface area contributed by atoms with Gasteiger partial charge in [-0.2, -0.15) is 0 Å². The maximum Gasteiger partial charge on any atom is 0.305 e. The lowest BCUT2D eigenvalue weighted by molar-refractivity contribution is -0.140. The third-order valence-electron chi connectivity index (χ3n) is 5.69. The average Bonchev–Trinajstić information content (AvgIpc) is 2.77. The number of carbonyl (C=O) groups excluding carboxylic acids is 1. The van der Waals surface area contributed by atoms with E-state index in [1.807, 2.05) is 18.2 Å². The van der Waals surface area contributed by atoms with Gasteiger partial charge in [-0.1, -0.05) is 101 Å². The first-order valence-corrected chi connectivity index (χ1v) is 12.1. The summed E-state index contributed by atoms with van der Waals surface area (Å²) in [7, 11) is 1.44. The predicted octanol–water partition coefficient (Wildman–Crippen LogP) is 6.59. The van der Waals surface area contributed by atoms with Crippen molar-refractivity contribution in [3.05, 3.63) is 35.9 Å². The maximum absolute atomic E-state index is 11.1. The Morgan fingerprint density at radius 2 is 1.47 bits per heavy atom. The quantitative estimate of drug-likeness (QED) is 0.203. The van der Waals surface area contributed by atoms with E-state index in [1.165, 1.54) is 39.2 Å². The van der Waals surface area contributed by atoms with Gasteiger partial charge >= 0.3 is 5.97 Å². The van der Waals surface area contributed by atoms with Crippen LogP contribution in [-0.2, 0) is 20.9 Å². The van der Waals surface area contributed by atoms with Gasteiger partial charge in [-0.15, -0.1) is 0 Å². The first-order valence-electron chi connectivity index (χ1n) is 12.1. The molecule has 1 rings (SSSR count). The molecule has 0 aliphatic heterocycles. The molecule has 0 bridgehead atoms. The van der Waals surface area contributed by atoms with E-state index in [9.17, 15) is 9.90 Å². The molecule has 2 atom stereocenters. The minimum Gasteiger partial charge on any atom is -0.469 e. The number of aliphatic hydroxyl groups is 1. The number of carbonyl (C=O) groups is 1. The van der Waals surface area contributed by atoms with Crippen LogP contribution < -0.4 is 0 Å². The van der Waals surface area contributed by atoms with Crippen LogP contribution in [0.1, 0.15) is 102 Å². The van der Waals surface area contributed by atoms with Crippen LogP contribution in [0, 0.1) is 0 Å². The van der Waals surface area contributed by atoms with Gasteiger partial charge in [0.15, 0.2) is 0 Å². The van der Waals surface area contributed by atoms with Gasteiger partial charge in [-0.25, -0.2) is 0 Å². The molecule has 0 fully saturated rings. The van der Waals surface area contributed by atoms with Crippen LogP contribution >= 0.6 is 0 Å². The van der Waals surface area contributed by atoms with Crippen molar-refractivity contribution in [2.45, 2.75) is 116 Å². The highest BCUT2D eigenvalue weighted by Gasteiger charge is 2.19. The molecule has 30 heavy (non-hydrogen) atoms. The molecule has 0 aliphatic rings. The number of unbranched alkanes of at least 4 members (excludes halogenated alkanes) is 9. The fourth-order valence-corrected chi connectivity index (χ4v) is 3.73. The first kappa shape index (κ1) is 26.6. The van der Waals surface area contributed by atoms with E-state index in [4.69, 9.17) is 4.74 Å². The van der Waals surface area contributed by atoms with Crippen molar-refractivity contribution in [3.8, 4) is 0 Å². The predicted molar refractivity (Wildman–Crippen MR) is 123 cm³/mol. The molecule has 1 aromatic rings.